The predicted octanol–water partition coefficient (Wildman–Crippen LogP) is 1.89. The number of benzene rings is 1. The molecule has 0 saturated heterocycles. The summed E-state index contributed by atoms with van der Waals surface area (Å²) in [7, 11) is 1.61. The van der Waals surface area contributed by atoms with Gasteiger partial charge in [-0.05, 0) is 46.9 Å². The lowest BCUT2D eigenvalue weighted by molar-refractivity contribution is 0.0812. The number of hydrogen-bond donors (Lipinski definition) is 0. The third kappa shape index (κ3) is 2.70. The molecule has 4 heteroatoms. The first kappa shape index (κ1) is 11.0. The van der Waals surface area contributed by atoms with Crippen LogP contribution in [0.5, 0.6) is 0 Å². The van der Waals surface area contributed by atoms with Crippen molar-refractivity contribution in [1.82, 2.24) is 4.90 Å². The summed E-state index contributed by atoms with van der Waals surface area (Å²) in [5, 5.41) is 8.43. The zero-order valence-electron chi connectivity index (χ0n) is 7.70. The van der Waals surface area contributed by atoms with Crippen molar-refractivity contribution >= 4 is 28.5 Å². The lowest BCUT2D eigenvalue weighted by atomic mass is 10.2. The van der Waals surface area contributed by atoms with Crippen LogP contribution in [-0.2, 0) is 0 Å². The van der Waals surface area contributed by atoms with Crippen molar-refractivity contribution in [2.45, 2.75) is 0 Å². The van der Waals surface area contributed by atoms with E-state index in [0.29, 0.717) is 5.56 Å². The van der Waals surface area contributed by atoms with Crippen molar-refractivity contribution in [3.63, 3.8) is 0 Å². The fourth-order valence-electron chi connectivity index (χ4n) is 0.991. The van der Waals surface area contributed by atoms with Gasteiger partial charge < -0.3 is 4.90 Å². The Morgan fingerprint density at radius 1 is 1.50 bits per heavy atom. The fourth-order valence-corrected chi connectivity index (χ4v) is 1.35. The third-order valence-electron chi connectivity index (χ3n) is 1.75. The van der Waals surface area contributed by atoms with Gasteiger partial charge in [0, 0.05) is 16.2 Å². The maximum atomic E-state index is 11.6. The maximum absolute atomic E-state index is 11.6. The first-order chi connectivity index (χ1) is 6.65. The first-order valence-electron chi connectivity index (χ1n) is 4.03. The van der Waals surface area contributed by atoms with Gasteiger partial charge >= 0.3 is 0 Å². The van der Waals surface area contributed by atoms with Crippen molar-refractivity contribution in [1.29, 1.82) is 5.26 Å². The Hall–Kier alpha value is -1.09. The summed E-state index contributed by atoms with van der Waals surface area (Å²) in [6.07, 6.45) is 0. The number of carbonyl (C=O) groups excluding carboxylic acids is 1. The van der Waals surface area contributed by atoms with Gasteiger partial charge in [-0.2, -0.15) is 5.26 Å². The van der Waals surface area contributed by atoms with E-state index in [1.54, 1.807) is 19.2 Å². The molecule has 0 unspecified atom stereocenters. The molecule has 1 aromatic carbocycles. The fraction of sp³-hybridized carbons (Fsp3) is 0.200. The van der Waals surface area contributed by atoms with Crippen molar-refractivity contribution in [2.75, 3.05) is 13.6 Å². The lowest BCUT2D eigenvalue weighted by Crippen LogP contribution is -2.26. The largest absolute Gasteiger partial charge is 0.328 e. The second-order valence-electron chi connectivity index (χ2n) is 2.83. The quantitative estimate of drug-likeness (QED) is 0.618. The zero-order valence-corrected chi connectivity index (χ0v) is 9.85. The standard InChI is InChI=1S/C10H9IN2O/c1-13(7-6-12)10(14)8-2-4-9(11)5-3-8/h2-5H,7H2,1H3. The zero-order chi connectivity index (χ0) is 10.6. The highest BCUT2D eigenvalue weighted by Gasteiger charge is 2.09. The number of rotatable bonds is 2. The molecule has 0 fully saturated rings. The van der Waals surface area contributed by atoms with Crippen LogP contribution in [0.15, 0.2) is 24.3 Å². The monoisotopic (exact) mass is 300 g/mol. The first-order valence-corrected chi connectivity index (χ1v) is 5.11. The van der Waals surface area contributed by atoms with Gasteiger partial charge in [-0.15, -0.1) is 0 Å². The predicted molar refractivity (Wildman–Crippen MR) is 61.7 cm³/mol. The highest BCUT2D eigenvalue weighted by molar-refractivity contribution is 14.1. The summed E-state index contributed by atoms with van der Waals surface area (Å²) < 4.78 is 1.09. The van der Waals surface area contributed by atoms with Gasteiger partial charge in [-0.25, -0.2) is 0 Å². The van der Waals surface area contributed by atoms with Gasteiger partial charge in [0.05, 0.1) is 6.07 Å². The Balaban J connectivity index is 2.80. The number of halogens is 1. The molecule has 0 radical (unpaired) electrons. The van der Waals surface area contributed by atoms with E-state index in [2.05, 4.69) is 22.6 Å². The molecule has 1 rings (SSSR count). The molecule has 0 heterocycles. The van der Waals surface area contributed by atoms with Crippen LogP contribution in [0.1, 0.15) is 10.4 Å². The molecule has 1 amide bonds. The SMILES string of the molecule is CN(CC#N)C(=O)c1ccc(I)cc1. The molecule has 1 aromatic rings. The summed E-state index contributed by atoms with van der Waals surface area (Å²) in [6.45, 7) is 0.116. The lowest BCUT2D eigenvalue weighted by Gasteiger charge is -2.12. The summed E-state index contributed by atoms with van der Waals surface area (Å²) >= 11 is 2.18. The average Bonchev–Trinajstić information content (AvgIpc) is 2.18. The molecule has 0 N–H and O–H groups in total. The Labute approximate surface area is 96.5 Å². The minimum absolute atomic E-state index is 0.116. The van der Waals surface area contributed by atoms with Gasteiger partial charge in [0.1, 0.15) is 6.54 Å². The Bertz CT molecular complexity index is 367. The molecule has 0 aliphatic rings. The van der Waals surface area contributed by atoms with Gasteiger partial charge in [0.15, 0.2) is 0 Å². The Morgan fingerprint density at radius 2 is 2.07 bits per heavy atom. The molecule has 72 valence electrons. The van der Waals surface area contributed by atoms with Gasteiger partial charge in [-0.3, -0.25) is 4.79 Å². The number of carbonyl (C=O) groups is 1. The molecule has 0 aliphatic heterocycles. The van der Waals surface area contributed by atoms with E-state index < -0.39 is 0 Å². The van der Waals surface area contributed by atoms with E-state index in [1.807, 2.05) is 18.2 Å². The van der Waals surface area contributed by atoms with Gasteiger partial charge in [0.25, 0.3) is 5.91 Å². The van der Waals surface area contributed by atoms with E-state index in [-0.39, 0.29) is 12.5 Å². The Kier molecular flexibility index (Phi) is 3.89. The molecular weight excluding hydrogens is 291 g/mol. The van der Waals surface area contributed by atoms with Crippen LogP contribution in [-0.4, -0.2) is 24.4 Å². The van der Waals surface area contributed by atoms with Gasteiger partial charge in [0.2, 0.25) is 0 Å². The van der Waals surface area contributed by atoms with Crippen molar-refractivity contribution in [3.05, 3.63) is 33.4 Å². The molecule has 0 aromatic heterocycles. The smallest absolute Gasteiger partial charge is 0.254 e. The molecule has 14 heavy (non-hydrogen) atoms. The molecular formula is C10H9IN2O. The number of nitriles is 1. The highest BCUT2D eigenvalue weighted by Crippen LogP contribution is 2.08. The number of amides is 1. The van der Waals surface area contributed by atoms with Crippen LogP contribution in [0.4, 0.5) is 0 Å². The molecule has 3 nitrogen and oxygen atoms in total. The molecule has 0 bridgehead atoms. The second kappa shape index (κ2) is 4.96. The van der Waals surface area contributed by atoms with Crippen LogP contribution < -0.4 is 0 Å². The van der Waals surface area contributed by atoms with Gasteiger partial charge in [-0.1, -0.05) is 0 Å². The van der Waals surface area contributed by atoms with E-state index in [4.69, 9.17) is 5.26 Å². The normalized spacial score (nSPS) is 9.21. The topological polar surface area (TPSA) is 44.1 Å². The summed E-state index contributed by atoms with van der Waals surface area (Å²) in [5.41, 5.74) is 0.614. The highest BCUT2D eigenvalue weighted by atomic mass is 127. The summed E-state index contributed by atoms with van der Waals surface area (Å²) in [4.78, 5) is 13.0. The average molecular weight is 300 g/mol. The van der Waals surface area contributed by atoms with Crippen LogP contribution in [0.25, 0.3) is 0 Å². The van der Waals surface area contributed by atoms with Crippen LogP contribution >= 0.6 is 22.6 Å². The molecule has 0 spiro atoms. The minimum atomic E-state index is -0.122. The van der Waals surface area contributed by atoms with E-state index >= 15 is 0 Å². The summed E-state index contributed by atoms with van der Waals surface area (Å²) in [6, 6.07) is 9.20. The minimum Gasteiger partial charge on any atom is -0.328 e. The maximum Gasteiger partial charge on any atom is 0.254 e. The van der Waals surface area contributed by atoms with Crippen LogP contribution in [0.3, 0.4) is 0 Å². The second-order valence-corrected chi connectivity index (χ2v) is 4.07. The van der Waals surface area contributed by atoms with Crippen LogP contribution in [0.2, 0.25) is 0 Å². The molecule has 0 aliphatic carbocycles. The number of nitrogens with zero attached hydrogens (tertiary/aromatic N) is 2. The van der Waals surface area contributed by atoms with E-state index in [9.17, 15) is 4.79 Å². The van der Waals surface area contributed by atoms with Crippen molar-refractivity contribution in [3.8, 4) is 6.07 Å². The van der Waals surface area contributed by atoms with Crippen molar-refractivity contribution < 1.29 is 4.79 Å². The van der Waals surface area contributed by atoms with E-state index in [1.165, 1.54) is 4.90 Å². The van der Waals surface area contributed by atoms with Crippen molar-refractivity contribution in [2.24, 2.45) is 0 Å². The Morgan fingerprint density at radius 3 is 2.57 bits per heavy atom. The van der Waals surface area contributed by atoms with Crippen LogP contribution in [0, 0.1) is 14.9 Å². The number of hydrogen-bond acceptors (Lipinski definition) is 2. The molecule has 0 saturated carbocycles. The molecule has 0 atom stereocenters. The summed E-state index contributed by atoms with van der Waals surface area (Å²) in [5.74, 6) is -0.122. The van der Waals surface area contributed by atoms with E-state index in [0.717, 1.165) is 3.57 Å². The third-order valence-corrected chi connectivity index (χ3v) is 2.46.